The molecule has 0 saturated heterocycles. The van der Waals surface area contributed by atoms with Crippen molar-refractivity contribution < 1.29 is 17.9 Å². The van der Waals surface area contributed by atoms with E-state index in [-0.39, 0.29) is 4.90 Å². The van der Waals surface area contributed by atoms with Crippen LogP contribution in [0.25, 0.3) is 0 Å². The molecule has 5 nitrogen and oxygen atoms in total. The van der Waals surface area contributed by atoms with Crippen molar-refractivity contribution in [3.63, 3.8) is 0 Å². The molecule has 21 heavy (non-hydrogen) atoms. The molecule has 0 radical (unpaired) electrons. The van der Waals surface area contributed by atoms with Crippen molar-refractivity contribution in [2.45, 2.75) is 31.6 Å². The van der Waals surface area contributed by atoms with E-state index >= 15 is 0 Å². The molecule has 116 valence electrons. The van der Waals surface area contributed by atoms with E-state index in [1.54, 1.807) is 12.1 Å². The van der Waals surface area contributed by atoms with E-state index in [1.807, 2.05) is 13.8 Å². The van der Waals surface area contributed by atoms with Gasteiger partial charge < -0.3 is 4.74 Å². The number of hydrogen-bond donors (Lipinski definition) is 0. The van der Waals surface area contributed by atoms with Crippen LogP contribution < -0.4 is 0 Å². The van der Waals surface area contributed by atoms with Crippen molar-refractivity contribution in [3.05, 3.63) is 42.1 Å². The second-order valence-electron chi connectivity index (χ2n) is 4.67. The summed E-state index contributed by atoms with van der Waals surface area (Å²) in [5, 5.41) is 0. The number of carbonyl (C=O) groups excluding carboxylic acids is 1. The number of ether oxygens (including phenoxy) is 1. The third-order valence-electron chi connectivity index (χ3n) is 2.86. The molecule has 6 heteroatoms. The van der Waals surface area contributed by atoms with Gasteiger partial charge in [-0.25, -0.2) is 13.2 Å². The van der Waals surface area contributed by atoms with Crippen LogP contribution in [-0.4, -0.2) is 32.3 Å². The van der Waals surface area contributed by atoms with E-state index in [2.05, 4.69) is 0 Å². The highest BCUT2D eigenvalue weighted by Crippen LogP contribution is 2.15. The predicted molar refractivity (Wildman–Crippen MR) is 81.1 cm³/mol. The minimum absolute atomic E-state index is 0.180. The highest BCUT2D eigenvalue weighted by atomic mass is 32.2. The first-order valence-electron chi connectivity index (χ1n) is 6.77. The number of hydrogen-bond acceptors (Lipinski definition) is 4. The van der Waals surface area contributed by atoms with Crippen LogP contribution in [-0.2, 0) is 19.6 Å². The summed E-state index contributed by atoms with van der Waals surface area (Å²) >= 11 is 0. The lowest BCUT2D eigenvalue weighted by Crippen LogP contribution is -2.22. The Kier molecular flexibility index (Phi) is 6.42. The molecule has 0 aliphatic heterocycles. The minimum Gasteiger partial charge on any atom is -0.462 e. The van der Waals surface area contributed by atoms with Crippen molar-refractivity contribution in [2.75, 3.05) is 13.7 Å². The first kappa shape index (κ1) is 17.2. The monoisotopic (exact) mass is 311 g/mol. The molecule has 0 atom stereocenters. The van der Waals surface area contributed by atoms with E-state index in [1.165, 1.54) is 25.4 Å². The Morgan fingerprint density at radius 2 is 1.90 bits per heavy atom. The summed E-state index contributed by atoms with van der Waals surface area (Å²) in [6.07, 6.45) is 4.03. The third kappa shape index (κ3) is 5.23. The smallest absolute Gasteiger partial charge is 0.332 e. The van der Waals surface area contributed by atoms with Gasteiger partial charge in [0.2, 0.25) is 0 Å². The maximum Gasteiger partial charge on any atom is 0.332 e. The summed E-state index contributed by atoms with van der Waals surface area (Å²) in [4.78, 5) is 11.6. The van der Waals surface area contributed by atoms with E-state index in [4.69, 9.17) is 4.74 Å². The van der Waals surface area contributed by atoms with Gasteiger partial charge in [0, 0.05) is 19.3 Å². The Labute approximate surface area is 126 Å². The zero-order valence-corrected chi connectivity index (χ0v) is 13.4. The van der Waals surface area contributed by atoms with Gasteiger partial charge in [-0.05, 0) is 25.5 Å². The van der Waals surface area contributed by atoms with Gasteiger partial charge in [-0.3, -0.25) is 4.31 Å². The fourth-order valence-electron chi connectivity index (χ4n) is 1.49. The van der Waals surface area contributed by atoms with Gasteiger partial charge in [0.05, 0.1) is 11.5 Å². The van der Waals surface area contributed by atoms with Gasteiger partial charge in [-0.1, -0.05) is 31.0 Å². The van der Waals surface area contributed by atoms with Crippen LogP contribution in [0.15, 0.2) is 41.4 Å². The molecule has 1 aromatic carbocycles. The molecule has 0 saturated carbocycles. The summed E-state index contributed by atoms with van der Waals surface area (Å²) in [6, 6.07) is 6.52. The maximum absolute atomic E-state index is 12.2. The second kappa shape index (κ2) is 7.83. The maximum atomic E-state index is 12.2. The van der Waals surface area contributed by atoms with Gasteiger partial charge >= 0.3 is 5.97 Å². The Bertz CT molecular complexity index is 591. The van der Waals surface area contributed by atoms with Crippen molar-refractivity contribution >= 4 is 16.0 Å². The predicted octanol–water partition coefficient (Wildman–Crippen LogP) is 2.47. The summed E-state index contributed by atoms with van der Waals surface area (Å²) in [7, 11) is -2.26. The fourth-order valence-corrected chi connectivity index (χ4v) is 2.52. The number of unbranched alkanes of at least 4 members (excludes halogenated alkanes) is 1. The highest BCUT2D eigenvalue weighted by Gasteiger charge is 2.17. The lowest BCUT2D eigenvalue weighted by molar-refractivity contribution is -0.137. The minimum atomic E-state index is -3.64. The molecular formula is C15H21NO4S. The Balaban J connectivity index is 2.71. The molecule has 0 N–H and O–H groups in total. The van der Waals surface area contributed by atoms with Crippen molar-refractivity contribution in [3.8, 4) is 0 Å². The van der Waals surface area contributed by atoms with Gasteiger partial charge in [0.1, 0.15) is 0 Å². The van der Waals surface area contributed by atoms with E-state index < -0.39 is 16.0 Å². The number of nitrogens with zero attached hydrogens (tertiary/aromatic N) is 1. The van der Waals surface area contributed by atoms with Crippen LogP contribution in [0.4, 0.5) is 0 Å². The Morgan fingerprint density at radius 1 is 1.29 bits per heavy atom. The summed E-state index contributed by atoms with van der Waals surface area (Å²) in [5.41, 5.74) is 0.978. The second-order valence-corrected chi connectivity index (χ2v) is 6.67. The standard InChI is InChI=1S/C15H21NO4S/c1-4-5-12-20-15(17)10-11-16(3)21(18,19)14-8-6-13(2)7-9-14/h6-11H,4-5,12H2,1-3H3/b11-10+. The summed E-state index contributed by atoms with van der Waals surface area (Å²) in [6.45, 7) is 4.21. The molecule has 0 spiro atoms. The topological polar surface area (TPSA) is 63.7 Å². The quantitative estimate of drug-likeness (QED) is 0.441. The van der Waals surface area contributed by atoms with Crippen LogP contribution in [0.3, 0.4) is 0 Å². The van der Waals surface area contributed by atoms with Gasteiger partial charge in [-0.2, -0.15) is 0 Å². The van der Waals surface area contributed by atoms with Crippen molar-refractivity contribution in [1.29, 1.82) is 0 Å². The molecule has 0 aliphatic carbocycles. The fraction of sp³-hybridized carbons (Fsp3) is 0.400. The molecule has 1 rings (SSSR count). The largest absolute Gasteiger partial charge is 0.462 e. The summed E-state index contributed by atoms with van der Waals surface area (Å²) in [5.74, 6) is -0.547. The number of esters is 1. The van der Waals surface area contributed by atoms with E-state index in [9.17, 15) is 13.2 Å². The molecule has 1 aromatic rings. The van der Waals surface area contributed by atoms with Crippen LogP contribution in [0.5, 0.6) is 0 Å². The average Bonchev–Trinajstić information content (AvgIpc) is 2.45. The molecule has 0 fully saturated rings. The number of rotatable bonds is 7. The number of sulfonamides is 1. The number of aryl methyl sites for hydroxylation is 1. The summed E-state index contributed by atoms with van der Waals surface area (Å²) < 4.78 is 30.4. The average molecular weight is 311 g/mol. The zero-order chi connectivity index (χ0) is 15.9. The van der Waals surface area contributed by atoms with Gasteiger partial charge in [0.25, 0.3) is 10.0 Å². The lowest BCUT2D eigenvalue weighted by atomic mass is 10.2. The molecular weight excluding hydrogens is 290 g/mol. The number of benzene rings is 1. The van der Waals surface area contributed by atoms with Crippen molar-refractivity contribution in [2.24, 2.45) is 0 Å². The highest BCUT2D eigenvalue weighted by molar-refractivity contribution is 7.89. The molecule has 0 bridgehead atoms. The molecule has 0 unspecified atom stereocenters. The molecule has 0 aromatic heterocycles. The first-order valence-corrected chi connectivity index (χ1v) is 8.21. The molecule has 0 aliphatic rings. The Hall–Kier alpha value is -1.82. The van der Waals surface area contributed by atoms with Crippen LogP contribution >= 0.6 is 0 Å². The normalized spacial score (nSPS) is 11.6. The van der Waals surface area contributed by atoms with E-state index in [0.717, 1.165) is 28.8 Å². The van der Waals surface area contributed by atoms with Crippen molar-refractivity contribution in [1.82, 2.24) is 4.31 Å². The SMILES string of the molecule is CCCCOC(=O)/C=C/N(C)S(=O)(=O)c1ccc(C)cc1. The van der Waals surface area contributed by atoms with Crippen LogP contribution in [0.1, 0.15) is 25.3 Å². The van der Waals surface area contributed by atoms with E-state index in [0.29, 0.717) is 6.61 Å². The molecule has 0 heterocycles. The van der Waals surface area contributed by atoms with Crippen LogP contribution in [0.2, 0.25) is 0 Å². The first-order chi connectivity index (χ1) is 9.87. The van der Waals surface area contributed by atoms with Gasteiger partial charge in [-0.15, -0.1) is 0 Å². The number of carbonyl (C=O) groups is 1. The van der Waals surface area contributed by atoms with Crippen LogP contribution in [0, 0.1) is 6.92 Å². The van der Waals surface area contributed by atoms with Gasteiger partial charge in [0.15, 0.2) is 0 Å². The zero-order valence-electron chi connectivity index (χ0n) is 12.6. The lowest BCUT2D eigenvalue weighted by Gasteiger charge is -2.14. The molecule has 0 amide bonds. The Morgan fingerprint density at radius 3 is 2.48 bits per heavy atom. The third-order valence-corrected chi connectivity index (χ3v) is 4.61.